The average molecular weight is 403 g/mol. The van der Waals surface area contributed by atoms with Crippen LogP contribution in [-0.4, -0.2) is 34.6 Å². The molecule has 0 amide bonds. The van der Waals surface area contributed by atoms with E-state index < -0.39 is 17.6 Å². The molecule has 0 aliphatic rings. The second kappa shape index (κ2) is 7.01. The number of imidazole rings is 1. The standard InChI is InChI=1S/C20H14FN7O2/c21-12-7-4-8-13-14(12)20(30)28(11-5-2-1-3-6-11)18(26-13)19(29)27-17-15-16(23-9-22-15)24-10-25-17/h1-10,19,29H,(H2,22,23,24,25,27). The van der Waals surface area contributed by atoms with Crippen LogP contribution in [0.15, 0.2) is 66.0 Å². The minimum absolute atomic E-state index is 0.0180. The van der Waals surface area contributed by atoms with E-state index in [1.54, 1.807) is 30.3 Å². The first kappa shape index (κ1) is 17.9. The second-order valence-electron chi connectivity index (χ2n) is 6.45. The van der Waals surface area contributed by atoms with Crippen LogP contribution in [0.5, 0.6) is 0 Å². The molecule has 1 atom stereocenters. The molecule has 0 spiro atoms. The molecule has 0 saturated carbocycles. The third-order valence-electron chi connectivity index (χ3n) is 4.63. The number of aromatic nitrogens is 6. The number of H-pyrrole nitrogens is 1. The number of para-hydroxylation sites is 1. The van der Waals surface area contributed by atoms with Gasteiger partial charge in [-0.1, -0.05) is 24.3 Å². The maximum Gasteiger partial charge on any atom is 0.269 e. The lowest BCUT2D eigenvalue weighted by molar-refractivity contribution is 0.194. The Kier molecular flexibility index (Phi) is 4.18. The summed E-state index contributed by atoms with van der Waals surface area (Å²) in [5, 5.41) is 13.6. The van der Waals surface area contributed by atoms with Gasteiger partial charge in [0.15, 0.2) is 23.5 Å². The summed E-state index contributed by atoms with van der Waals surface area (Å²) in [6.07, 6.45) is 1.31. The Morgan fingerprint density at radius 2 is 1.90 bits per heavy atom. The summed E-state index contributed by atoms with van der Waals surface area (Å²) in [6.45, 7) is 0. The van der Waals surface area contributed by atoms with Gasteiger partial charge in [0.25, 0.3) is 5.56 Å². The molecule has 1 unspecified atom stereocenters. The number of aromatic amines is 1. The number of halogens is 1. The fourth-order valence-electron chi connectivity index (χ4n) is 3.29. The van der Waals surface area contributed by atoms with Gasteiger partial charge in [-0.3, -0.25) is 9.36 Å². The van der Waals surface area contributed by atoms with Crippen molar-refractivity contribution in [2.24, 2.45) is 0 Å². The highest BCUT2D eigenvalue weighted by molar-refractivity contribution is 5.82. The highest BCUT2D eigenvalue weighted by Gasteiger charge is 2.22. The van der Waals surface area contributed by atoms with Crippen LogP contribution in [0.4, 0.5) is 10.2 Å². The molecule has 0 aliphatic carbocycles. The minimum atomic E-state index is -1.44. The van der Waals surface area contributed by atoms with Gasteiger partial charge in [0.2, 0.25) is 0 Å². The van der Waals surface area contributed by atoms with Crippen molar-refractivity contribution in [3.8, 4) is 5.69 Å². The van der Waals surface area contributed by atoms with Crippen molar-refractivity contribution in [2.45, 2.75) is 6.23 Å². The van der Waals surface area contributed by atoms with E-state index in [-0.39, 0.29) is 22.5 Å². The van der Waals surface area contributed by atoms with Crippen molar-refractivity contribution in [3.05, 3.63) is 83.2 Å². The first-order valence-corrected chi connectivity index (χ1v) is 8.99. The topological polar surface area (TPSA) is 122 Å². The number of aliphatic hydroxyl groups excluding tert-OH is 1. The maximum absolute atomic E-state index is 14.4. The molecular formula is C20H14FN7O2. The van der Waals surface area contributed by atoms with E-state index in [2.05, 4.69) is 30.2 Å². The van der Waals surface area contributed by atoms with Gasteiger partial charge in [-0.15, -0.1) is 0 Å². The van der Waals surface area contributed by atoms with E-state index in [9.17, 15) is 14.3 Å². The van der Waals surface area contributed by atoms with Gasteiger partial charge in [0.05, 0.1) is 17.5 Å². The molecule has 0 saturated heterocycles. The van der Waals surface area contributed by atoms with Crippen LogP contribution in [0.1, 0.15) is 12.1 Å². The highest BCUT2D eigenvalue weighted by atomic mass is 19.1. The molecule has 0 bridgehead atoms. The normalized spacial score (nSPS) is 12.3. The molecule has 3 aromatic heterocycles. The number of rotatable bonds is 4. The van der Waals surface area contributed by atoms with E-state index in [1.807, 2.05) is 0 Å². The monoisotopic (exact) mass is 403 g/mol. The van der Waals surface area contributed by atoms with E-state index in [1.165, 1.54) is 35.4 Å². The van der Waals surface area contributed by atoms with Gasteiger partial charge >= 0.3 is 0 Å². The van der Waals surface area contributed by atoms with Gasteiger partial charge in [-0.2, -0.15) is 0 Å². The smallest absolute Gasteiger partial charge is 0.269 e. The van der Waals surface area contributed by atoms with E-state index >= 15 is 0 Å². The van der Waals surface area contributed by atoms with Crippen molar-refractivity contribution in [2.75, 3.05) is 5.32 Å². The van der Waals surface area contributed by atoms with Gasteiger partial charge < -0.3 is 15.4 Å². The van der Waals surface area contributed by atoms with Crippen molar-refractivity contribution >= 4 is 27.9 Å². The van der Waals surface area contributed by atoms with Crippen molar-refractivity contribution in [1.29, 1.82) is 0 Å². The van der Waals surface area contributed by atoms with Crippen LogP contribution in [0.2, 0.25) is 0 Å². The molecule has 3 heterocycles. The zero-order valence-corrected chi connectivity index (χ0v) is 15.3. The zero-order chi connectivity index (χ0) is 20.7. The molecule has 9 nitrogen and oxygen atoms in total. The number of nitrogens with zero attached hydrogens (tertiary/aromatic N) is 5. The first-order valence-electron chi connectivity index (χ1n) is 8.99. The van der Waals surface area contributed by atoms with Crippen LogP contribution in [0.3, 0.4) is 0 Å². The third kappa shape index (κ3) is 2.86. The zero-order valence-electron chi connectivity index (χ0n) is 15.3. The van der Waals surface area contributed by atoms with Gasteiger partial charge in [-0.25, -0.2) is 24.3 Å². The highest BCUT2D eigenvalue weighted by Crippen LogP contribution is 2.23. The van der Waals surface area contributed by atoms with Crippen LogP contribution in [0.25, 0.3) is 27.8 Å². The molecule has 148 valence electrons. The van der Waals surface area contributed by atoms with E-state index in [0.717, 1.165) is 0 Å². The fraction of sp³-hybridized carbons (Fsp3) is 0.0500. The van der Waals surface area contributed by atoms with Gasteiger partial charge in [0.1, 0.15) is 23.0 Å². The van der Waals surface area contributed by atoms with Crippen LogP contribution < -0.4 is 10.9 Å². The summed E-state index contributed by atoms with van der Waals surface area (Å²) in [4.78, 5) is 32.7. The number of hydrogen-bond donors (Lipinski definition) is 3. The lowest BCUT2D eigenvalue weighted by Gasteiger charge is -2.19. The van der Waals surface area contributed by atoms with Crippen LogP contribution in [-0.2, 0) is 0 Å². The number of hydrogen-bond acceptors (Lipinski definition) is 7. The Hall–Kier alpha value is -4.18. The number of benzene rings is 2. The Labute approximate surface area is 167 Å². The van der Waals surface area contributed by atoms with Crippen LogP contribution >= 0.6 is 0 Å². The SMILES string of the molecule is O=c1c2c(F)cccc2nc(C(O)Nc2ncnc3nc[nH]c23)n1-c1ccccc1. The molecular weight excluding hydrogens is 389 g/mol. The van der Waals surface area contributed by atoms with Crippen molar-refractivity contribution in [3.63, 3.8) is 0 Å². The lowest BCUT2D eigenvalue weighted by atomic mass is 10.2. The van der Waals surface area contributed by atoms with Gasteiger partial charge in [-0.05, 0) is 24.3 Å². The molecule has 30 heavy (non-hydrogen) atoms. The third-order valence-corrected chi connectivity index (χ3v) is 4.63. The van der Waals surface area contributed by atoms with Gasteiger partial charge in [0, 0.05) is 0 Å². The summed E-state index contributed by atoms with van der Waals surface area (Å²) >= 11 is 0. The predicted octanol–water partition coefficient (Wildman–Crippen LogP) is 2.29. The van der Waals surface area contributed by atoms with Crippen LogP contribution in [0, 0.1) is 5.82 Å². The summed E-state index contributed by atoms with van der Waals surface area (Å²) in [6, 6.07) is 12.8. The predicted molar refractivity (Wildman–Crippen MR) is 108 cm³/mol. The molecule has 0 radical (unpaired) electrons. The Bertz CT molecular complexity index is 1430. The number of aliphatic hydroxyl groups is 1. The quantitative estimate of drug-likeness (QED) is 0.394. The Balaban J connectivity index is 1.71. The number of nitrogens with one attached hydrogen (secondary N) is 2. The fourth-order valence-corrected chi connectivity index (χ4v) is 3.29. The Morgan fingerprint density at radius 1 is 1.07 bits per heavy atom. The summed E-state index contributed by atoms with van der Waals surface area (Å²) in [7, 11) is 0. The number of fused-ring (bicyclic) bond motifs is 2. The molecule has 0 fully saturated rings. The average Bonchev–Trinajstić information content (AvgIpc) is 3.24. The molecule has 0 aliphatic heterocycles. The Morgan fingerprint density at radius 3 is 2.73 bits per heavy atom. The van der Waals surface area contributed by atoms with E-state index in [4.69, 9.17) is 0 Å². The summed E-state index contributed by atoms with van der Waals surface area (Å²) in [5.74, 6) is -0.424. The molecule has 3 N–H and O–H groups in total. The maximum atomic E-state index is 14.4. The lowest BCUT2D eigenvalue weighted by Crippen LogP contribution is -2.28. The molecule has 2 aromatic carbocycles. The van der Waals surface area contributed by atoms with Crippen molar-refractivity contribution in [1.82, 2.24) is 29.5 Å². The second-order valence-corrected chi connectivity index (χ2v) is 6.45. The summed E-state index contributed by atoms with van der Waals surface area (Å²) in [5.41, 5.74) is 0.836. The first-order chi connectivity index (χ1) is 14.6. The molecule has 10 heteroatoms. The summed E-state index contributed by atoms with van der Waals surface area (Å²) < 4.78 is 15.6. The minimum Gasteiger partial charge on any atom is -0.367 e. The number of anilines is 1. The molecule has 5 rings (SSSR count). The molecule has 5 aromatic rings. The van der Waals surface area contributed by atoms with Crippen molar-refractivity contribution < 1.29 is 9.50 Å². The largest absolute Gasteiger partial charge is 0.367 e. The van der Waals surface area contributed by atoms with E-state index in [0.29, 0.717) is 16.9 Å².